The molecule has 0 aliphatic carbocycles. The molecular weight excluding hydrogens is 505 g/mol. The molecule has 0 aliphatic heterocycles. The van der Waals surface area contributed by atoms with Crippen molar-refractivity contribution >= 4 is 28.9 Å². The van der Waals surface area contributed by atoms with E-state index in [1.165, 1.54) is 68.3 Å². The van der Waals surface area contributed by atoms with Crippen LogP contribution < -0.4 is 9.42 Å². The van der Waals surface area contributed by atoms with Crippen LogP contribution in [0.1, 0.15) is 89.2 Å². The van der Waals surface area contributed by atoms with E-state index in [0.717, 1.165) is 36.1 Å². The normalized spacial score (nSPS) is 12.7. The zero-order valence-corrected chi connectivity index (χ0v) is 25.4. The molecule has 0 bridgehead atoms. The van der Waals surface area contributed by atoms with E-state index in [1.807, 2.05) is 30.3 Å². The van der Waals surface area contributed by atoms with E-state index in [0.29, 0.717) is 5.75 Å². The molecule has 2 rings (SSSR count). The van der Waals surface area contributed by atoms with Gasteiger partial charge in [0.25, 0.3) is 0 Å². The molecule has 174 valence electrons. The van der Waals surface area contributed by atoms with Gasteiger partial charge in [0.15, 0.2) is 0 Å². The minimum absolute atomic E-state index is 0. The molecule has 0 amide bonds. The minimum Gasteiger partial charge on any atom is -0.783 e. The molecular formula is C26H38O2PS2Zn-. The van der Waals surface area contributed by atoms with Crippen molar-refractivity contribution in [2.45, 2.75) is 95.8 Å². The molecule has 0 radical (unpaired) electrons. The fourth-order valence-corrected chi connectivity index (χ4v) is 7.39. The van der Waals surface area contributed by atoms with Crippen LogP contribution in [-0.4, -0.2) is 0 Å². The third kappa shape index (κ3) is 11.8. The number of rotatable bonds is 16. The predicted octanol–water partition coefficient (Wildman–Crippen LogP) is 8.47. The summed E-state index contributed by atoms with van der Waals surface area (Å²) in [4.78, 5) is 14.2. The van der Waals surface area contributed by atoms with Gasteiger partial charge in [-0.25, -0.2) is 0 Å². The van der Waals surface area contributed by atoms with Crippen LogP contribution in [0.3, 0.4) is 0 Å². The van der Waals surface area contributed by atoms with Crippen LogP contribution in [0.2, 0.25) is 0 Å². The number of hydrogen-bond donors (Lipinski definition) is 0. The largest absolute Gasteiger partial charge is 0.783 e. The third-order valence-electron chi connectivity index (χ3n) is 5.46. The van der Waals surface area contributed by atoms with Gasteiger partial charge in [0.2, 0.25) is 0 Å². The maximum absolute atomic E-state index is 13.2. The quantitative estimate of drug-likeness (QED) is 0.121. The van der Waals surface area contributed by atoms with Crippen molar-refractivity contribution in [2.24, 2.45) is 0 Å². The molecule has 0 spiro atoms. The number of unbranched alkanes of at least 4 members (excludes halogenated alkanes) is 8. The van der Waals surface area contributed by atoms with E-state index >= 15 is 0 Å². The van der Waals surface area contributed by atoms with Crippen molar-refractivity contribution in [2.75, 3.05) is 0 Å². The average molecular weight is 543 g/mol. The summed E-state index contributed by atoms with van der Waals surface area (Å²) in [5, 5.41) is 0. The Morgan fingerprint density at radius 2 is 1.25 bits per heavy atom. The van der Waals surface area contributed by atoms with Crippen molar-refractivity contribution in [3.8, 4) is 5.75 Å². The van der Waals surface area contributed by atoms with Crippen molar-refractivity contribution in [3.05, 3.63) is 59.7 Å². The molecule has 0 N–H and O–H groups in total. The van der Waals surface area contributed by atoms with Crippen molar-refractivity contribution < 1.29 is 28.9 Å². The maximum atomic E-state index is 13.2. The van der Waals surface area contributed by atoms with Crippen LogP contribution in [-0.2, 0) is 44.1 Å². The first-order chi connectivity index (χ1) is 15.1. The Morgan fingerprint density at radius 3 is 1.88 bits per heavy atom. The van der Waals surface area contributed by atoms with Crippen LogP contribution in [0.15, 0.2) is 53.4 Å². The summed E-state index contributed by atoms with van der Waals surface area (Å²) in [6, 6.07) is 16.1. The predicted molar refractivity (Wildman–Crippen MR) is 139 cm³/mol. The van der Waals surface area contributed by atoms with E-state index in [1.54, 1.807) is 0 Å². The second-order valence-corrected chi connectivity index (χ2v) is 14.0. The molecule has 0 aliphatic rings. The van der Waals surface area contributed by atoms with Crippen LogP contribution >= 0.6 is 17.1 Å². The van der Waals surface area contributed by atoms with Gasteiger partial charge < -0.3 is 9.42 Å². The second-order valence-electron chi connectivity index (χ2n) is 8.17. The number of para-hydroxylation sites is 1. The molecule has 2 nitrogen and oxygen atoms in total. The van der Waals surface area contributed by atoms with Crippen molar-refractivity contribution in [3.63, 3.8) is 0 Å². The Hall–Kier alpha value is -0.177. The van der Waals surface area contributed by atoms with E-state index in [-0.39, 0.29) is 19.5 Å². The molecule has 0 fully saturated rings. The molecule has 1 atom stereocenters. The zero-order valence-electron chi connectivity index (χ0n) is 19.9. The molecule has 0 saturated heterocycles. The molecule has 0 saturated carbocycles. The fraction of sp³-hybridized carbons (Fsp3) is 0.538. The summed E-state index contributed by atoms with van der Waals surface area (Å²) >= 11 is 6.69. The Bertz CT molecular complexity index is 752. The first-order valence-corrected chi connectivity index (χ1v) is 16.0. The topological polar surface area (TPSA) is 32.3 Å². The zero-order chi connectivity index (χ0) is 22.4. The number of aryl methyl sites for hydroxylation is 2. The van der Waals surface area contributed by atoms with Crippen LogP contribution in [0.5, 0.6) is 5.75 Å². The molecule has 1 unspecified atom stereocenters. The summed E-state index contributed by atoms with van der Waals surface area (Å²) in [7, 11) is 0. The van der Waals surface area contributed by atoms with Gasteiger partial charge in [-0.05, 0) is 48.9 Å². The Kier molecular flexibility index (Phi) is 16.1. The van der Waals surface area contributed by atoms with Gasteiger partial charge in [-0.2, -0.15) is 0 Å². The molecule has 32 heavy (non-hydrogen) atoms. The summed E-state index contributed by atoms with van der Waals surface area (Å²) in [5.74, 6) is 0.681. The van der Waals surface area contributed by atoms with Gasteiger partial charge >= 0.3 is 0 Å². The van der Waals surface area contributed by atoms with Crippen LogP contribution in [0.4, 0.5) is 0 Å². The first kappa shape index (κ1) is 29.9. The Labute approximate surface area is 218 Å². The molecule has 2 aromatic rings. The maximum Gasteiger partial charge on any atom is 0.126 e. The standard InChI is InChI=1S/C26H39O2PS2.Zn/c1-3-5-7-9-11-17-23-18-13-15-21-25(23)28-29(27,30)31-26-22-16-14-20-24(26)19-12-10-8-6-4-2;/h13-16,18,20-22H,3-12,17,19H2,1-2H3,(H,27,30);/p-1. The minimum atomic E-state index is -3.29. The van der Waals surface area contributed by atoms with Crippen molar-refractivity contribution in [1.29, 1.82) is 0 Å². The summed E-state index contributed by atoms with van der Waals surface area (Å²) in [6.07, 6.45) is 14.3. The van der Waals surface area contributed by atoms with E-state index in [2.05, 4.69) is 32.0 Å². The van der Waals surface area contributed by atoms with Gasteiger partial charge in [-0.1, -0.05) is 125 Å². The number of hydrogen-bond acceptors (Lipinski definition) is 4. The van der Waals surface area contributed by atoms with Gasteiger partial charge in [-0.3, -0.25) is 0 Å². The average Bonchev–Trinajstić information content (AvgIpc) is 2.75. The fourth-order valence-electron chi connectivity index (χ4n) is 3.70. The van der Waals surface area contributed by atoms with Crippen molar-refractivity contribution in [1.82, 2.24) is 0 Å². The van der Waals surface area contributed by atoms with Gasteiger partial charge in [0, 0.05) is 24.4 Å². The molecule has 6 heteroatoms. The summed E-state index contributed by atoms with van der Waals surface area (Å²) < 4.78 is 5.96. The van der Waals surface area contributed by atoms with E-state index in [4.69, 9.17) is 16.3 Å². The van der Waals surface area contributed by atoms with Crippen LogP contribution in [0, 0.1) is 0 Å². The Morgan fingerprint density at radius 1 is 0.750 bits per heavy atom. The number of benzene rings is 2. The summed E-state index contributed by atoms with van der Waals surface area (Å²) in [5.41, 5.74) is -0.960. The first-order valence-electron chi connectivity index (χ1n) is 11.9. The Balaban J connectivity index is 0.00000512. The van der Waals surface area contributed by atoms with Gasteiger partial charge in [0.1, 0.15) is 11.4 Å². The van der Waals surface area contributed by atoms with Crippen LogP contribution in [0.25, 0.3) is 0 Å². The monoisotopic (exact) mass is 541 g/mol. The van der Waals surface area contributed by atoms with E-state index < -0.39 is 5.69 Å². The van der Waals surface area contributed by atoms with E-state index in [9.17, 15) is 4.89 Å². The van der Waals surface area contributed by atoms with Gasteiger partial charge in [-0.15, -0.1) is 0 Å². The summed E-state index contributed by atoms with van der Waals surface area (Å²) in [6.45, 7) is 4.46. The molecule has 0 aromatic heterocycles. The SMILES string of the molecule is CCCCCCCc1ccccc1OP([O-])(=S)Sc1ccccc1CCCCCCC.[Zn]. The smallest absolute Gasteiger partial charge is 0.126 e. The second kappa shape index (κ2) is 17.3. The molecule has 2 aromatic carbocycles. The third-order valence-corrected chi connectivity index (χ3v) is 9.08. The van der Waals surface area contributed by atoms with Gasteiger partial charge in [0.05, 0.1) is 0 Å². The molecule has 0 heterocycles.